The average molecular weight is 402 g/mol. The summed E-state index contributed by atoms with van der Waals surface area (Å²) in [6.07, 6.45) is 0.945. The average Bonchev–Trinajstić information content (AvgIpc) is 2.98. The van der Waals surface area contributed by atoms with Gasteiger partial charge in [0.05, 0.1) is 12.1 Å². The number of aliphatic hydroxyl groups is 1. The van der Waals surface area contributed by atoms with E-state index < -0.39 is 18.1 Å². The molecule has 4 atom stereocenters. The van der Waals surface area contributed by atoms with Gasteiger partial charge in [0.1, 0.15) is 5.56 Å². The number of aromatic nitrogens is 1. The quantitative estimate of drug-likeness (QED) is 0.709. The fraction of sp³-hybridized carbons (Fsp3) is 0.429. The van der Waals surface area contributed by atoms with Crippen molar-refractivity contribution >= 4 is 18.3 Å². The van der Waals surface area contributed by atoms with Crippen LogP contribution in [0.2, 0.25) is 0 Å². The molecule has 5 rings (SSSR count). The van der Waals surface area contributed by atoms with Crippen LogP contribution in [-0.2, 0) is 13.0 Å². The summed E-state index contributed by atoms with van der Waals surface area (Å²) < 4.78 is 1.79. The first kappa shape index (κ1) is 19.2. The van der Waals surface area contributed by atoms with E-state index in [1.54, 1.807) is 10.6 Å². The number of nitrogens with one attached hydrogen (secondary N) is 2. The topological polar surface area (TPSA) is 83.4 Å². The maximum absolute atomic E-state index is 13.0. The number of fused-ring (bicyclic) bond motifs is 5. The van der Waals surface area contributed by atoms with E-state index in [1.165, 1.54) is 0 Å². The largest absolute Gasteiger partial charge is 0.390 e. The van der Waals surface area contributed by atoms with Crippen LogP contribution in [-0.4, -0.2) is 34.8 Å². The smallest absolute Gasteiger partial charge is 0.263 e. The van der Waals surface area contributed by atoms with Gasteiger partial charge in [0.25, 0.3) is 11.5 Å². The molecule has 1 aromatic heterocycles. The third-order valence-electron chi connectivity index (χ3n) is 6.24. The van der Waals surface area contributed by atoms with Gasteiger partial charge in [0, 0.05) is 31.1 Å². The minimum absolute atomic E-state index is 0. The second-order valence-corrected chi connectivity index (χ2v) is 7.97. The number of carbonyl (C=O) groups is 1. The minimum Gasteiger partial charge on any atom is -0.390 e. The van der Waals surface area contributed by atoms with E-state index in [9.17, 15) is 14.7 Å². The molecule has 0 radical (unpaired) electrons. The zero-order chi connectivity index (χ0) is 18.5. The van der Waals surface area contributed by atoms with Crippen LogP contribution in [0, 0.1) is 5.92 Å². The number of nitrogens with zero attached hydrogens (tertiary/aromatic N) is 1. The summed E-state index contributed by atoms with van der Waals surface area (Å²) in [5.41, 5.74) is 2.92. The fourth-order valence-corrected chi connectivity index (χ4v) is 4.93. The highest BCUT2D eigenvalue weighted by atomic mass is 35.5. The minimum atomic E-state index is -0.669. The Hall–Kier alpha value is -2.15. The normalized spacial score (nSPS) is 27.3. The molecule has 1 saturated heterocycles. The highest BCUT2D eigenvalue weighted by molar-refractivity contribution is 5.94. The molecule has 1 aromatic carbocycles. The molecule has 1 fully saturated rings. The van der Waals surface area contributed by atoms with Gasteiger partial charge in [-0.05, 0) is 42.1 Å². The SMILES string of the molecule is Cl.O=C(N[C@@H]1c2ccccc2C[C@@H]1O)c1ccc2n(c1=O)C[C@@H]1CNC[C@H]2C1. The molecule has 1 amide bonds. The first-order chi connectivity index (χ1) is 13.1. The molecule has 0 unspecified atom stereocenters. The van der Waals surface area contributed by atoms with E-state index in [-0.39, 0.29) is 23.5 Å². The summed E-state index contributed by atoms with van der Waals surface area (Å²) in [6.45, 7) is 2.46. The van der Waals surface area contributed by atoms with Crippen molar-refractivity contribution in [1.82, 2.24) is 15.2 Å². The van der Waals surface area contributed by atoms with E-state index in [0.717, 1.165) is 36.3 Å². The molecule has 0 spiro atoms. The zero-order valence-corrected chi connectivity index (χ0v) is 16.2. The molecule has 2 aromatic rings. The van der Waals surface area contributed by atoms with Crippen molar-refractivity contribution in [3.05, 3.63) is 69.1 Å². The van der Waals surface area contributed by atoms with Crippen LogP contribution in [0.25, 0.3) is 0 Å². The highest BCUT2D eigenvalue weighted by Gasteiger charge is 2.34. The number of halogens is 1. The van der Waals surface area contributed by atoms with E-state index in [0.29, 0.717) is 24.8 Å². The van der Waals surface area contributed by atoms with Gasteiger partial charge in [-0.2, -0.15) is 0 Å². The maximum Gasteiger partial charge on any atom is 0.263 e. The van der Waals surface area contributed by atoms with Crippen LogP contribution < -0.4 is 16.2 Å². The zero-order valence-electron chi connectivity index (χ0n) is 15.4. The van der Waals surface area contributed by atoms with Crippen molar-refractivity contribution in [2.24, 2.45) is 5.92 Å². The fourth-order valence-electron chi connectivity index (χ4n) is 4.93. The molecule has 3 heterocycles. The number of aliphatic hydroxyl groups excluding tert-OH is 1. The van der Waals surface area contributed by atoms with Gasteiger partial charge >= 0.3 is 0 Å². The Kier molecular flexibility index (Phi) is 5.04. The van der Waals surface area contributed by atoms with Crippen molar-refractivity contribution < 1.29 is 9.90 Å². The summed E-state index contributed by atoms with van der Waals surface area (Å²) in [6, 6.07) is 10.8. The predicted octanol–water partition coefficient (Wildman–Crippen LogP) is 1.36. The first-order valence-corrected chi connectivity index (χ1v) is 9.63. The molecular weight excluding hydrogens is 378 g/mol. The van der Waals surface area contributed by atoms with E-state index in [2.05, 4.69) is 10.6 Å². The van der Waals surface area contributed by atoms with E-state index >= 15 is 0 Å². The van der Waals surface area contributed by atoms with Crippen LogP contribution >= 0.6 is 12.4 Å². The van der Waals surface area contributed by atoms with Crippen LogP contribution in [0.15, 0.2) is 41.2 Å². The number of hydrogen-bond donors (Lipinski definition) is 3. The van der Waals surface area contributed by atoms with Crippen molar-refractivity contribution in [1.29, 1.82) is 0 Å². The van der Waals surface area contributed by atoms with E-state index in [4.69, 9.17) is 0 Å². The number of amides is 1. The number of pyridine rings is 1. The second-order valence-electron chi connectivity index (χ2n) is 7.97. The van der Waals surface area contributed by atoms with Gasteiger partial charge in [0.2, 0.25) is 0 Å². The van der Waals surface area contributed by atoms with Crippen LogP contribution in [0.4, 0.5) is 0 Å². The first-order valence-electron chi connectivity index (χ1n) is 9.63. The lowest BCUT2D eigenvalue weighted by molar-refractivity contribution is 0.0855. The van der Waals surface area contributed by atoms with Crippen LogP contribution in [0.3, 0.4) is 0 Å². The number of carbonyl (C=O) groups excluding carboxylic acids is 1. The number of piperidine rings is 1. The van der Waals surface area contributed by atoms with Gasteiger partial charge in [-0.3, -0.25) is 9.59 Å². The third-order valence-corrected chi connectivity index (χ3v) is 6.24. The molecule has 3 aliphatic rings. The molecule has 1 aliphatic carbocycles. The van der Waals surface area contributed by atoms with Gasteiger partial charge in [-0.1, -0.05) is 24.3 Å². The van der Waals surface area contributed by atoms with Gasteiger partial charge in [-0.25, -0.2) is 0 Å². The van der Waals surface area contributed by atoms with Gasteiger partial charge in [-0.15, -0.1) is 12.4 Å². The molecule has 148 valence electrons. The lowest BCUT2D eigenvalue weighted by Gasteiger charge is -2.37. The summed E-state index contributed by atoms with van der Waals surface area (Å²) in [4.78, 5) is 25.9. The summed E-state index contributed by atoms with van der Waals surface area (Å²) >= 11 is 0. The summed E-state index contributed by atoms with van der Waals surface area (Å²) in [5, 5.41) is 16.7. The van der Waals surface area contributed by atoms with Crippen LogP contribution in [0.5, 0.6) is 0 Å². The Labute approximate surface area is 169 Å². The van der Waals surface area contributed by atoms with Gasteiger partial charge < -0.3 is 20.3 Å². The molecule has 2 bridgehead atoms. The Morgan fingerprint density at radius 2 is 2.00 bits per heavy atom. The Morgan fingerprint density at radius 3 is 2.86 bits per heavy atom. The lowest BCUT2D eigenvalue weighted by Crippen LogP contribution is -2.46. The van der Waals surface area contributed by atoms with Crippen molar-refractivity contribution in [3.63, 3.8) is 0 Å². The van der Waals surface area contributed by atoms with Crippen molar-refractivity contribution in [3.8, 4) is 0 Å². The van der Waals surface area contributed by atoms with E-state index in [1.807, 2.05) is 30.3 Å². The lowest BCUT2D eigenvalue weighted by atomic mass is 9.84. The molecular formula is C21H24ClN3O3. The van der Waals surface area contributed by atoms with Crippen LogP contribution in [0.1, 0.15) is 45.6 Å². The van der Waals surface area contributed by atoms with Crippen molar-refractivity contribution in [2.45, 2.75) is 37.5 Å². The number of rotatable bonds is 2. The summed E-state index contributed by atoms with van der Waals surface area (Å²) in [7, 11) is 0. The Morgan fingerprint density at radius 1 is 1.18 bits per heavy atom. The van der Waals surface area contributed by atoms with Gasteiger partial charge in [0.15, 0.2) is 0 Å². The molecule has 2 aliphatic heterocycles. The molecule has 7 heteroatoms. The monoisotopic (exact) mass is 401 g/mol. The molecule has 6 nitrogen and oxygen atoms in total. The molecule has 3 N–H and O–H groups in total. The Bertz CT molecular complexity index is 974. The highest BCUT2D eigenvalue weighted by Crippen LogP contribution is 2.33. The number of hydrogen-bond acceptors (Lipinski definition) is 4. The Balaban J connectivity index is 0.00000192. The number of benzene rings is 1. The standard InChI is InChI=1S/C21H23N3O3.ClH/c25-18-8-13-3-1-2-4-15(13)19(18)23-20(26)16-5-6-17-14-7-12(9-22-10-14)11-24(17)21(16)27;/h1-6,12,14,18-19,22,25H,7-11H2,(H,23,26);1H/t12-,14+,18-,19+;/m0./s1. The predicted molar refractivity (Wildman–Crippen MR) is 108 cm³/mol. The molecule has 0 saturated carbocycles. The second kappa shape index (κ2) is 7.35. The maximum atomic E-state index is 13.0. The van der Waals surface area contributed by atoms with Crippen molar-refractivity contribution in [2.75, 3.05) is 13.1 Å². The summed E-state index contributed by atoms with van der Waals surface area (Å²) in [5.74, 6) is 0.367. The third kappa shape index (κ3) is 3.05. The molecule has 28 heavy (non-hydrogen) atoms.